The molecule has 7 heteroatoms. The van der Waals surface area contributed by atoms with Gasteiger partial charge in [0.2, 0.25) is 0 Å². The van der Waals surface area contributed by atoms with Crippen molar-refractivity contribution in [1.82, 2.24) is 14.8 Å². The molecule has 1 aliphatic heterocycles. The lowest BCUT2D eigenvalue weighted by atomic mass is 10.2. The number of nitrogen functional groups attached to an aromatic ring is 1. The van der Waals surface area contributed by atoms with Crippen molar-refractivity contribution in [3.05, 3.63) is 21.0 Å². The Morgan fingerprint density at radius 3 is 3.22 bits per heavy atom. The minimum Gasteiger partial charge on any atom is -0.382 e. The third-order valence-corrected chi connectivity index (χ3v) is 3.80. The SMILES string of the molecule is Nc1n[nH]c2c(Br)cn(C[C@H]3CCCO3)c(=O)c12. The number of hydrogen-bond donors (Lipinski definition) is 2. The van der Waals surface area contributed by atoms with Gasteiger partial charge >= 0.3 is 0 Å². The third-order valence-electron chi connectivity index (χ3n) is 3.20. The summed E-state index contributed by atoms with van der Waals surface area (Å²) in [5, 5.41) is 7.05. The molecule has 1 saturated heterocycles. The highest BCUT2D eigenvalue weighted by Gasteiger charge is 2.19. The van der Waals surface area contributed by atoms with E-state index >= 15 is 0 Å². The molecule has 0 aliphatic carbocycles. The quantitative estimate of drug-likeness (QED) is 0.873. The fourth-order valence-electron chi connectivity index (χ4n) is 2.29. The molecule has 0 unspecified atom stereocenters. The van der Waals surface area contributed by atoms with E-state index < -0.39 is 0 Å². The van der Waals surface area contributed by atoms with Gasteiger partial charge in [-0.2, -0.15) is 5.10 Å². The summed E-state index contributed by atoms with van der Waals surface area (Å²) in [6.45, 7) is 1.33. The number of fused-ring (bicyclic) bond motifs is 1. The van der Waals surface area contributed by atoms with Gasteiger partial charge in [-0.3, -0.25) is 9.89 Å². The van der Waals surface area contributed by atoms with Crippen molar-refractivity contribution in [2.45, 2.75) is 25.5 Å². The number of aromatic amines is 1. The van der Waals surface area contributed by atoms with Crippen molar-refractivity contribution in [3.63, 3.8) is 0 Å². The fourth-order valence-corrected chi connectivity index (χ4v) is 2.83. The minimum absolute atomic E-state index is 0.111. The monoisotopic (exact) mass is 312 g/mol. The number of pyridine rings is 1. The van der Waals surface area contributed by atoms with Gasteiger partial charge in [0.15, 0.2) is 5.82 Å². The molecule has 1 fully saturated rings. The lowest BCUT2D eigenvalue weighted by Gasteiger charge is -2.12. The summed E-state index contributed by atoms with van der Waals surface area (Å²) in [6.07, 6.45) is 3.91. The Hall–Kier alpha value is -1.34. The molecular weight excluding hydrogens is 300 g/mol. The van der Waals surface area contributed by atoms with Gasteiger partial charge in [-0.1, -0.05) is 0 Å². The summed E-state index contributed by atoms with van der Waals surface area (Å²) in [5.41, 5.74) is 6.23. The van der Waals surface area contributed by atoms with Crippen LogP contribution >= 0.6 is 15.9 Å². The summed E-state index contributed by atoms with van der Waals surface area (Å²) in [4.78, 5) is 12.3. The first-order valence-corrected chi connectivity index (χ1v) is 6.60. The second kappa shape index (κ2) is 4.40. The molecule has 2 aromatic rings. The summed E-state index contributed by atoms with van der Waals surface area (Å²) >= 11 is 3.42. The van der Waals surface area contributed by atoms with Crippen LogP contribution in [0.1, 0.15) is 12.8 Å². The van der Waals surface area contributed by atoms with Gasteiger partial charge in [0, 0.05) is 12.8 Å². The summed E-state index contributed by atoms with van der Waals surface area (Å²) < 4.78 is 7.96. The number of H-pyrrole nitrogens is 1. The van der Waals surface area contributed by atoms with Crippen LogP contribution in [0.2, 0.25) is 0 Å². The van der Waals surface area contributed by atoms with Crippen LogP contribution in [0.3, 0.4) is 0 Å². The molecule has 0 saturated carbocycles. The van der Waals surface area contributed by atoms with E-state index in [1.165, 1.54) is 0 Å². The molecular formula is C11H13BrN4O2. The van der Waals surface area contributed by atoms with Gasteiger partial charge < -0.3 is 15.0 Å². The molecule has 2 aromatic heterocycles. The van der Waals surface area contributed by atoms with Crippen LogP contribution in [0.5, 0.6) is 0 Å². The molecule has 0 spiro atoms. The molecule has 96 valence electrons. The molecule has 0 bridgehead atoms. The van der Waals surface area contributed by atoms with Crippen molar-refractivity contribution in [1.29, 1.82) is 0 Å². The second-order valence-corrected chi connectivity index (χ2v) is 5.28. The van der Waals surface area contributed by atoms with Crippen LogP contribution in [-0.2, 0) is 11.3 Å². The number of anilines is 1. The van der Waals surface area contributed by atoms with Crippen LogP contribution in [-0.4, -0.2) is 27.5 Å². The Balaban J connectivity index is 2.09. The standard InChI is InChI=1S/C11H13BrN4O2/c12-7-5-16(4-6-2-1-3-18-6)11(17)8-9(7)14-15-10(8)13/h5-6H,1-4H2,(H3,13,14,15)/t6-/m1/s1. The normalized spacial score (nSPS) is 19.7. The van der Waals surface area contributed by atoms with E-state index in [0.29, 0.717) is 17.4 Å². The van der Waals surface area contributed by atoms with E-state index in [-0.39, 0.29) is 17.5 Å². The highest BCUT2D eigenvalue weighted by atomic mass is 79.9. The average molecular weight is 313 g/mol. The highest BCUT2D eigenvalue weighted by molar-refractivity contribution is 9.10. The largest absolute Gasteiger partial charge is 0.382 e. The number of nitrogens with one attached hydrogen (secondary N) is 1. The lowest BCUT2D eigenvalue weighted by molar-refractivity contribution is 0.0962. The zero-order valence-corrected chi connectivity index (χ0v) is 11.2. The van der Waals surface area contributed by atoms with E-state index in [9.17, 15) is 4.79 Å². The van der Waals surface area contributed by atoms with Gasteiger partial charge in [0.25, 0.3) is 5.56 Å². The Kier molecular flexibility index (Phi) is 2.87. The molecule has 0 amide bonds. The van der Waals surface area contributed by atoms with Crippen molar-refractivity contribution in [2.75, 3.05) is 12.3 Å². The fraction of sp³-hybridized carbons (Fsp3) is 0.455. The average Bonchev–Trinajstić information content (AvgIpc) is 2.95. The summed E-state index contributed by atoms with van der Waals surface area (Å²) in [6, 6.07) is 0. The van der Waals surface area contributed by atoms with E-state index in [4.69, 9.17) is 10.5 Å². The number of nitrogens with zero attached hydrogens (tertiary/aromatic N) is 2. The number of rotatable bonds is 2. The zero-order valence-electron chi connectivity index (χ0n) is 9.65. The Morgan fingerprint density at radius 1 is 1.67 bits per heavy atom. The first-order valence-electron chi connectivity index (χ1n) is 5.81. The Labute approximate surface area is 111 Å². The lowest BCUT2D eigenvalue weighted by Crippen LogP contribution is -2.26. The van der Waals surface area contributed by atoms with Gasteiger partial charge in [-0.25, -0.2) is 0 Å². The van der Waals surface area contributed by atoms with E-state index in [1.54, 1.807) is 10.8 Å². The van der Waals surface area contributed by atoms with Crippen molar-refractivity contribution in [3.8, 4) is 0 Å². The maximum atomic E-state index is 12.3. The van der Waals surface area contributed by atoms with E-state index in [1.807, 2.05) is 0 Å². The number of ether oxygens (including phenoxy) is 1. The molecule has 18 heavy (non-hydrogen) atoms. The molecule has 3 heterocycles. The topological polar surface area (TPSA) is 85.9 Å². The Morgan fingerprint density at radius 2 is 2.50 bits per heavy atom. The van der Waals surface area contributed by atoms with Crippen LogP contribution in [0.25, 0.3) is 10.9 Å². The third kappa shape index (κ3) is 1.83. The van der Waals surface area contributed by atoms with Crippen molar-refractivity contribution < 1.29 is 4.74 Å². The molecule has 0 aromatic carbocycles. The molecule has 1 atom stereocenters. The van der Waals surface area contributed by atoms with Crippen LogP contribution in [0.4, 0.5) is 5.82 Å². The molecule has 6 nitrogen and oxygen atoms in total. The molecule has 3 rings (SSSR count). The molecule has 3 N–H and O–H groups in total. The van der Waals surface area contributed by atoms with Gasteiger partial charge in [-0.05, 0) is 28.8 Å². The summed E-state index contributed by atoms with van der Waals surface area (Å²) in [5.74, 6) is 0.234. The first kappa shape index (κ1) is 11.7. The van der Waals surface area contributed by atoms with E-state index in [0.717, 1.165) is 23.9 Å². The smallest absolute Gasteiger partial charge is 0.263 e. The van der Waals surface area contributed by atoms with Crippen LogP contribution in [0, 0.1) is 0 Å². The predicted molar refractivity (Wildman–Crippen MR) is 71.4 cm³/mol. The highest BCUT2D eigenvalue weighted by Crippen LogP contribution is 2.23. The zero-order chi connectivity index (χ0) is 12.7. The number of aromatic nitrogens is 3. The maximum absolute atomic E-state index is 12.3. The van der Waals surface area contributed by atoms with Gasteiger partial charge in [-0.15, -0.1) is 0 Å². The molecule has 0 radical (unpaired) electrons. The van der Waals surface area contributed by atoms with Gasteiger partial charge in [0.05, 0.1) is 22.6 Å². The van der Waals surface area contributed by atoms with Crippen LogP contribution < -0.4 is 11.3 Å². The first-order chi connectivity index (χ1) is 8.66. The minimum atomic E-state index is -0.130. The number of hydrogen-bond acceptors (Lipinski definition) is 4. The second-order valence-electron chi connectivity index (χ2n) is 4.43. The van der Waals surface area contributed by atoms with Crippen LogP contribution in [0.15, 0.2) is 15.5 Å². The maximum Gasteiger partial charge on any atom is 0.263 e. The summed E-state index contributed by atoms with van der Waals surface area (Å²) in [7, 11) is 0. The predicted octanol–water partition coefficient (Wildman–Crippen LogP) is 1.25. The molecule has 1 aliphatic rings. The van der Waals surface area contributed by atoms with E-state index in [2.05, 4.69) is 26.1 Å². The van der Waals surface area contributed by atoms with Gasteiger partial charge in [0.1, 0.15) is 5.39 Å². The number of nitrogens with two attached hydrogens (primary N) is 1. The number of halogens is 1. The van der Waals surface area contributed by atoms with Crippen molar-refractivity contribution in [2.24, 2.45) is 0 Å². The Bertz CT molecular complexity index is 642. The van der Waals surface area contributed by atoms with Crippen molar-refractivity contribution >= 4 is 32.7 Å².